The van der Waals surface area contributed by atoms with E-state index in [1.54, 1.807) is 36.4 Å². The lowest BCUT2D eigenvalue weighted by molar-refractivity contribution is -0.384. The number of thiophene rings is 1. The number of non-ortho nitro benzene ring substituents is 1. The molecule has 0 unspecified atom stereocenters. The van der Waals surface area contributed by atoms with Gasteiger partial charge < -0.3 is 5.32 Å². The highest BCUT2D eigenvalue weighted by atomic mass is 35.5. The zero-order valence-electron chi connectivity index (χ0n) is 16.5. The number of rotatable bonds is 5. The molecule has 1 N–H and O–H groups in total. The third-order valence-electron chi connectivity index (χ3n) is 4.71. The molecule has 0 fully saturated rings. The number of nitro benzene ring substituents is 1. The van der Waals surface area contributed by atoms with Gasteiger partial charge in [0, 0.05) is 27.7 Å². The maximum absolute atomic E-state index is 13.3. The Balaban J connectivity index is 1.81. The summed E-state index contributed by atoms with van der Waals surface area (Å²) in [6, 6.07) is 12.9. The predicted octanol–water partition coefficient (Wildman–Crippen LogP) is 5.26. The smallest absolute Gasteiger partial charge is 0.284 e. The summed E-state index contributed by atoms with van der Waals surface area (Å²) in [4.78, 5) is 29.9. The lowest BCUT2D eigenvalue weighted by atomic mass is 10.2. The van der Waals surface area contributed by atoms with Crippen molar-refractivity contribution in [2.45, 2.75) is 13.8 Å². The molecule has 0 spiro atoms. The van der Waals surface area contributed by atoms with Gasteiger partial charge in [-0.05, 0) is 61.4 Å². The second-order valence-electron chi connectivity index (χ2n) is 6.74. The van der Waals surface area contributed by atoms with Crippen LogP contribution in [-0.2, 0) is 0 Å². The summed E-state index contributed by atoms with van der Waals surface area (Å²) < 4.78 is 1.19. The number of aromatic nitrogens is 2. The summed E-state index contributed by atoms with van der Waals surface area (Å²) in [6.07, 6.45) is 1.46. The van der Waals surface area contributed by atoms with Gasteiger partial charge in [0.1, 0.15) is 4.83 Å². The SMILES string of the molecule is Cc1sc2nc(Nc3ccc(Cl)cc3)n(/N=C/c3ccc([N+](=O)[O-])cc3)c(=O)c2c1C. The molecule has 2 heterocycles. The number of hydrogen-bond acceptors (Lipinski definition) is 7. The summed E-state index contributed by atoms with van der Waals surface area (Å²) in [5, 5.41) is 19.4. The van der Waals surface area contributed by atoms with Crippen LogP contribution >= 0.6 is 22.9 Å². The van der Waals surface area contributed by atoms with Crippen molar-refractivity contribution in [3.05, 3.63) is 90.0 Å². The second kappa shape index (κ2) is 8.29. The van der Waals surface area contributed by atoms with Gasteiger partial charge in [-0.2, -0.15) is 9.78 Å². The first-order chi connectivity index (χ1) is 14.8. The molecule has 0 amide bonds. The Morgan fingerprint density at radius 1 is 1.16 bits per heavy atom. The largest absolute Gasteiger partial charge is 0.324 e. The van der Waals surface area contributed by atoms with Crippen molar-refractivity contribution in [1.82, 2.24) is 9.66 Å². The fraction of sp³-hybridized carbons (Fsp3) is 0.0952. The van der Waals surface area contributed by atoms with Crippen molar-refractivity contribution in [2.24, 2.45) is 5.10 Å². The van der Waals surface area contributed by atoms with Crippen LogP contribution in [0.5, 0.6) is 0 Å². The van der Waals surface area contributed by atoms with Crippen LogP contribution in [0.2, 0.25) is 5.02 Å². The van der Waals surface area contributed by atoms with Crippen LogP contribution in [0.1, 0.15) is 16.0 Å². The Morgan fingerprint density at radius 3 is 2.48 bits per heavy atom. The highest BCUT2D eigenvalue weighted by Gasteiger charge is 2.16. The van der Waals surface area contributed by atoms with Gasteiger partial charge in [0.25, 0.3) is 11.2 Å². The number of hydrogen-bond donors (Lipinski definition) is 1. The second-order valence-corrected chi connectivity index (χ2v) is 8.38. The molecule has 31 heavy (non-hydrogen) atoms. The van der Waals surface area contributed by atoms with Crippen LogP contribution in [0.25, 0.3) is 10.2 Å². The van der Waals surface area contributed by atoms with Gasteiger partial charge in [-0.1, -0.05) is 11.6 Å². The lowest BCUT2D eigenvalue weighted by Gasteiger charge is -2.10. The van der Waals surface area contributed by atoms with Gasteiger partial charge in [-0.15, -0.1) is 11.3 Å². The number of fused-ring (bicyclic) bond motifs is 1. The van der Waals surface area contributed by atoms with Crippen LogP contribution in [0.4, 0.5) is 17.3 Å². The molecule has 0 bridgehead atoms. The van der Waals surface area contributed by atoms with Crippen LogP contribution in [0, 0.1) is 24.0 Å². The Labute approximate surface area is 185 Å². The molecule has 0 aliphatic carbocycles. The van der Waals surface area contributed by atoms with Crippen molar-refractivity contribution in [2.75, 3.05) is 5.32 Å². The van der Waals surface area contributed by atoms with E-state index >= 15 is 0 Å². The van der Waals surface area contributed by atoms with E-state index in [4.69, 9.17) is 11.6 Å². The number of aryl methyl sites for hydroxylation is 2. The fourth-order valence-electron chi connectivity index (χ4n) is 2.94. The maximum atomic E-state index is 13.3. The van der Waals surface area contributed by atoms with Crippen molar-refractivity contribution in [3.63, 3.8) is 0 Å². The summed E-state index contributed by atoms with van der Waals surface area (Å²) in [5.41, 5.74) is 1.84. The van der Waals surface area contributed by atoms with E-state index in [2.05, 4.69) is 15.4 Å². The molecule has 0 radical (unpaired) electrons. The van der Waals surface area contributed by atoms with Gasteiger partial charge >= 0.3 is 0 Å². The minimum Gasteiger partial charge on any atom is -0.324 e. The number of nitrogens with zero attached hydrogens (tertiary/aromatic N) is 4. The molecule has 0 saturated heterocycles. The van der Waals surface area contributed by atoms with Crippen LogP contribution in [0.15, 0.2) is 58.4 Å². The monoisotopic (exact) mass is 453 g/mol. The van der Waals surface area contributed by atoms with E-state index in [1.165, 1.54) is 34.4 Å². The number of benzene rings is 2. The molecule has 0 saturated carbocycles. The number of nitrogens with one attached hydrogen (secondary N) is 1. The highest BCUT2D eigenvalue weighted by molar-refractivity contribution is 7.18. The number of anilines is 2. The van der Waals surface area contributed by atoms with Crippen molar-refractivity contribution in [3.8, 4) is 0 Å². The first-order valence-corrected chi connectivity index (χ1v) is 10.4. The predicted molar refractivity (Wildman–Crippen MR) is 124 cm³/mol. The van der Waals surface area contributed by atoms with E-state index < -0.39 is 4.92 Å². The third-order valence-corrected chi connectivity index (χ3v) is 6.06. The quantitative estimate of drug-likeness (QED) is 0.252. The Hall–Kier alpha value is -3.56. The summed E-state index contributed by atoms with van der Waals surface area (Å²) in [5.74, 6) is 0.249. The van der Waals surface area contributed by atoms with Crippen LogP contribution < -0.4 is 10.9 Å². The van der Waals surface area contributed by atoms with E-state index in [1.807, 2.05) is 13.8 Å². The van der Waals surface area contributed by atoms with Crippen molar-refractivity contribution in [1.29, 1.82) is 0 Å². The summed E-state index contributed by atoms with van der Waals surface area (Å²) in [6.45, 7) is 3.83. The molecule has 2 aromatic heterocycles. The summed E-state index contributed by atoms with van der Waals surface area (Å²) >= 11 is 7.40. The molecule has 4 aromatic rings. The molecule has 8 nitrogen and oxygen atoms in total. The van der Waals surface area contributed by atoms with E-state index in [-0.39, 0.29) is 17.2 Å². The molecule has 156 valence electrons. The highest BCUT2D eigenvalue weighted by Crippen LogP contribution is 2.28. The Kier molecular flexibility index (Phi) is 5.53. The first-order valence-electron chi connectivity index (χ1n) is 9.17. The van der Waals surface area contributed by atoms with E-state index in [0.717, 1.165) is 10.4 Å². The summed E-state index contributed by atoms with van der Waals surface area (Å²) in [7, 11) is 0. The molecule has 4 rings (SSSR count). The molecule has 2 aromatic carbocycles. The zero-order chi connectivity index (χ0) is 22.1. The van der Waals surface area contributed by atoms with Gasteiger partial charge in [0.2, 0.25) is 5.95 Å². The van der Waals surface area contributed by atoms with Gasteiger partial charge in [0.05, 0.1) is 16.5 Å². The van der Waals surface area contributed by atoms with Gasteiger partial charge in [-0.3, -0.25) is 14.9 Å². The van der Waals surface area contributed by atoms with E-state index in [0.29, 0.717) is 26.5 Å². The molecular weight excluding hydrogens is 438 g/mol. The zero-order valence-corrected chi connectivity index (χ0v) is 18.1. The molecular formula is C21H16ClN5O3S. The average molecular weight is 454 g/mol. The standard InChI is InChI=1S/C21H16ClN5O3S/c1-12-13(2)31-19-18(12)20(28)26(21(25-19)24-16-7-5-15(22)6-8-16)23-11-14-3-9-17(10-4-14)27(29)30/h3-11H,1-2H3,(H,24,25)/b23-11+. The first kappa shape index (κ1) is 20.7. The fourth-order valence-corrected chi connectivity index (χ4v) is 4.09. The van der Waals surface area contributed by atoms with E-state index in [9.17, 15) is 14.9 Å². The van der Waals surface area contributed by atoms with Gasteiger partial charge in [0.15, 0.2) is 0 Å². The normalized spacial score (nSPS) is 11.3. The molecule has 0 aliphatic heterocycles. The number of halogens is 1. The van der Waals surface area contributed by atoms with Gasteiger partial charge in [-0.25, -0.2) is 4.98 Å². The number of nitro groups is 1. The third kappa shape index (κ3) is 4.18. The lowest BCUT2D eigenvalue weighted by Crippen LogP contribution is -2.21. The minimum atomic E-state index is -0.473. The topological polar surface area (TPSA) is 102 Å². The molecule has 0 atom stereocenters. The van der Waals surface area contributed by atoms with Crippen LogP contribution in [0.3, 0.4) is 0 Å². The maximum Gasteiger partial charge on any atom is 0.284 e. The van der Waals surface area contributed by atoms with Crippen molar-refractivity contribution >= 4 is 56.7 Å². The Bertz CT molecular complexity index is 1380. The minimum absolute atomic E-state index is 0.0214. The average Bonchev–Trinajstić information content (AvgIpc) is 3.03. The van der Waals surface area contributed by atoms with Crippen molar-refractivity contribution < 1.29 is 4.92 Å². The van der Waals surface area contributed by atoms with Crippen LogP contribution in [-0.4, -0.2) is 20.8 Å². The molecule has 0 aliphatic rings. The Morgan fingerprint density at radius 2 is 1.84 bits per heavy atom. The molecule has 10 heteroatoms.